The van der Waals surface area contributed by atoms with Crippen molar-refractivity contribution >= 4 is 61.8 Å². The average molecular weight is 399 g/mol. The zero-order valence-electron chi connectivity index (χ0n) is 11.4. The molecule has 1 N–H and O–H groups in total. The van der Waals surface area contributed by atoms with Gasteiger partial charge in [-0.15, -0.1) is 0 Å². The van der Waals surface area contributed by atoms with E-state index >= 15 is 0 Å². The zero-order chi connectivity index (χ0) is 15.9. The van der Waals surface area contributed by atoms with Crippen LogP contribution in [0.4, 0.5) is 5.69 Å². The molecular weight excluding hydrogens is 389 g/mol. The Bertz CT molecular complexity index is 875. The summed E-state index contributed by atoms with van der Waals surface area (Å²) in [5.74, 6) is -0.322. The summed E-state index contributed by atoms with van der Waals surface area (Å²) in [6.07, 6.45) is 3.33. The summed E-state index contributed by atoms with van der Waals surface area (Å²) in [6, 6.07) is 6.85. The van der Waals surface area contributed by atoms with Crippen LogP contribution in [0.1, 0.15) is 10.4 Å². The van der Waals surface area contributed by atoms with Gasteiger partial charge in [0.2, 0.25) is 0 Å². The van der Waals surface area contributed by atoms with Gasteiger partial charge in [0.05, 0.1) is 16.0 Å². The zero-order valence-corrected chi connectivity index (χ0v) is 14.5. The number of hydrogen-bond donors (Lipinski definition) is 1. The minimum Gasteiger partial charge on any atom is -0.334 e. The van der Waals surface area contributed by atoms with Crippen LogP contribution in [0.2, 0.25) is 10.0 Å². The van der Waals surface area contributed by atoms with Crippen LogP contribution in [0.5, 0.6) is 0 Å². The third-order valence-electron chi connectivity index (χ3n) is 3.22. The van der Waals surface area contributed by atoms with Crippen LogP contribution in [0, 0.1) is 0 Å². The van der Waals surface area contributed by atoms with Crippen molar-refractivity contribution in [3.05, 3.63) is 56.7 Å². The van der Waals surface area contributed by atoms with Gasteiger partial charge in [-0.2, -0.15) is 0 Å². The second-order valence-corrected chi connectivity index (χ2v) is 6.40. The number of nitrogens with zero attached hydrogens (tertiary/aromatic N) is 2. The number of carbonyl (C=O) groups excluding carboxylic acids is 1. The summed E-state index contributed by atoms with van der Waals surface area (Å²) < 4.78 is 2.63. The Hall–Kier alpha value is -1.56. The summed E-state index contributed by atoms with van der Waals surface area (Å²) in [7, 11) is 1.86. The number of amides is 1. The molecule has 0 unspecified atom stereocenters. The summed E-state index contributed by atoms with van der Waals surface area (Å²) in [6.45, 7) is 0. The number of aryl methyl sites for hydroxylation is 1. The highest BCUT2D eigenvalue weighted by Gasteiger charge is 2.18. The number of nitrogens with one attached hydrogen (secondary N) is 1. The van der Waals surface area contributed by atoms with E-state index in [1.807, 2.05) is 17.8 Å². The van der Waals surface area contributed by atoms with E-state index in [9.17, 15) is 4.79 Å². The molecule has 0 aliphatic carbocycles. The van der Waals surface area contributed by atoms with Crippen molar-refractivity contribution in [1.29, 1.82) is 0 Å². The summed E-state index contributed by atoms with van der Waals surface area (Å²) in [5, 5.41) is 4.46. The molecule has 0 atom stereocenters. The number of carbonyl (C=O) groups is 1. The third kappa shape index (κ3) is 2.72. The Morgan fingerprint density at radius 3 is 2.64 bits per heavy atom. The van der Waals surface area contributed by atoms with Crippen molar-refractivity contribution in [2.75, 3.05) is 5.32 Å². The van der Waals surface area contributed by atoms with Crippen LogP contribution in [-0.2, 0) is 7.05 Å². The Morgan fingerprint density at radius 2 is 1.95 bits per heavy atom. The molecule has 0 saturated carbocycles. The molecule has 0 aliphatic rings. The van der Waals surface area contributed by atoms with Gasteiger partial charge in [0, 0.05) is 34.6 Å². The number of rotatable bonds is 2. The summed E-state index contributed by atoms with van der Waals surface area (Å²) in [4.78, 5) is 16.7. The fourth-order valence-corrected chi connectivity index (χ4v) is 3.39. The van der Waals surface area contributed by atoms with E-state index in [0.717, 1.165) is 4.47 Å². The van der Waals surface area contributed by atoms with Crippen LogP contribution in [0.3, 0.4) is 0 Å². The Kier molecular flexibility index (Phi) is 4.12. The monoisotopic (exact) mass is 397 g/mol. The Morgan fingerprint density at radius 1 is 1.27 bits per heavy atom. The van der Waals surface area contributed by atoms with Crippen molar-refractivity contribution in [2.24, 2.45) is 7.05 Å². The molecule has 2 aromatic heterocycles. The van der Waals surface area contributed by atoms with Crippen LogP contribution < -0.4 is 5.32 Å². The van der Waals surface area contributed by atoms with E-state index in [1.54, 1.807) is 24.3 Å². The highest BCUT2D eigenvalue weighted by atomic mass is 79.9. The molecule has 4 nitrogen and oxygen atoms in total. The number of benzene rings is 1. The van der Waals surface area contributed by atoms with Gasteiger partial charge in [0.1, 0.15) is 5.65 Å². The van der Waals surface area contributed by atoms with E-state index in [1.165, 1.54) is 6.20 Å². The quantitative estimate of drug-likeness (QED) is 0.667. The molecule has 7 heteroatoms. The van der Waals surface area contributed by atoms with E-state index in [4.69, 9.17) is 23.2 Å². The van der Waals surface area contributed by atoms with Crippen LogP contribution >= 0.6 is 39.1 Å². The van der Waals surface area contributed by atoms with Crippen molar-refractivity contribution in [3.63, 3.8) is 0 Å². The highest BCUT2D eigenvalue weighted by molar-refractivity contribution is 9.10. The topological polar surface area (TPSA) is 46.9 Å². The first-order valence-corrected chi connectivity index (χ1v) is 7.88. The molecular formula is C15H10BrCl2N3O. The summed E-state index contributed by atoms with van der Waals surface area (Å²) >= 11 is 15.6. The van der Waals surface area contributed by atoms with Crippen molar-refractivity contribution in [2.45, 2.75) is 0 Å². The van der Waals surface area contributed by atoms with E-state index in [0.29, 0.717) is 32.3 Å². The van der Waals surface area contributed by atoms with Gasteiger partial charge in [-0.25, -0.2) is 4.98 Å². The molecule has 0 spiro atoms. The van der Waals surface area contributed by atoms with Gasteiger partial charge in [-0.3, -0.25) is 4.79 Å². The first kappa shape index (κ1) is 15.3. The molecule has 3 rings (SSSR count). The lowest BCUT2D eigenvalue weighted by Crippen LogP contribution is -2.13. The number of hydrogen-bond acceptors (Lipinski definition) is 2. The molecule has 22 heavy (non-hydrogen) atoms. The number of pyridine rings is 1. The standard InChI is InChI=1S/C15H10BrCl2N3O/c1-21-7-11(16)12-13(18)10(6-19-14(12)21)15(22)20-9-4-2-8(17)3-5-9/h2-7H,1H3,(H,20,22). The second kappa shape index (κ2) is 5.91. The molecule has 0 saturated heterocycles. The second-order valence-electron chi connectivity index (χ2n) is 4.73. The minimum atomic E-state index is -0.322. The number of anilines is 1. The van der Waals surface area contributed by atoms with Crippen molar-refractivity contribution in [3.8, 4) is 0 Å². The predicted octanol–water partition coefficient (Wildman–Crippen LogP) is 4.89. The lowest BCUT2D eigenvalue weighted by molar-refractivity contribution is 0.102. The third-order valence-corrected chi connectivity index (χ3v) is 4.47. The fraction of sp³-hybridized carbons (Fsp3) is 0.0667. The van der Waals surface area contributed by atoms with Gasteiger partial charge in [0.15, 0.2) is 0 Å². The van der Waals surface area contributed by atoms with Gasteiger partial charge in [-0.05, 0) is 40.2 Å². The predicted molar refractivity (Wildman–Crippen MR) is 92.8 cm³/mol. The molecule has 0 bridgehead atoms. The maximum atomic E-state index is 12.4. The lowest BCUT2D eigenvalue weighted by atomic mass is 10.2. The van der Waals surface area contributed by atoms with Gasteiger partial charge in [-0.1, -0.05) is 23.2 Å². The normalized spacial score (nSPS) is 10.9. The van der Waals surface area contributed by atoms with Crippen molar-refractivity contribution < 1.29 is 4.79 Å². The largest absolute Gasteiger partial charge is 0.334 e. The molecule has 1 amide bonds. The first-order valence-electron chi connectivity index (χ1n) is 6.33. The van der Waals surface area contributed by atoms with Gasteiger partial charge >= 0.3 is 0 Å². The Labute approximate surface area is 145 Å². The van der Waals surface area contributed by atoms with E-state index < -0.39 is 0 Å². The minimum absolute atomic E-state index is 0.316. The maximum Gasteiger partial charge on any atom is 0.258 e. The van der Waals surface area contributed by atoms with E-state index in [-0.39, 0.29) is 5.91 Å². The first-order chi connectivity index (χ1) is 10.5. The molecule has 0 radical (unpaired) electrons. The highest BCUT2D eigenvalue weighted by Crippen LogP contribution is 2.33. The van der Waals surface area contributed by atoms with Gasteiger partial charge < -0.3 is 9.88 Å². The fourth-order valence-electron chi connectivity index (χ4n) is 2.14. The Balaban J connectivity index is 1.99. The van der Waals surface area contributed by atoms with Gasteiger partial charge in [0.25, 0.3) is 5.91 Å². The van der Waals surface area contributed by atoms with Crippen LogP contribution in [-0.4, -0.2) is 15.5 Å². The van der Waals surface area contributed by atoms with E-state index in [2.05, 4.69) is 26.2 Å². The van der Waals surface area contributed by atoms with Crippen LogP contribution in [0.15, 0.2) is 41.1 Å². The number of fused-ring (bicyclic) bond motifs is 1. The van der Waals surface area contributed by atoms with Crippen molar-refractivity contribution in [1.82, 2.24) is 9.55 Å². The molecule has 0 aliphatic heterocycles. The molecule has 0 fully saturated rings. The summed E-state index contributed by atoms with van der Waals surface area (Å²) in [5.41, 5.74) is 1.66. The smallest absolute Gasteiger partial charge is 0.258 e. The molecule has 112 valence electrons. The number of aromatic nitrogens is 2. The molecule has 2 heterocycles. The maximum absolute atomic E-state index is 12.4. The molecule has 1 aromatic carbocycles. The SMILES string of the molecule is Cn1cc(Br)c2c(Cl)c(C(=O)Nc3ccc(Cl)cc3)cnc21. The molecule has 3 aromatic rings. The lowest BCUT2D eigenvalue weighted by Gasteiger charge is -2.08. The number of halogens is 3. The average Bonchev–Trinajstić information content (AvgIpc) is 2.77. The van der Waals surface area contributed by atoms with Crippen LogP contribution in [0.25, 0.3) is 11.0 Å².